The van der Waals surface area contributed by atoms with Crippen LogP contribution < -0.4 is 5.69 Å². The van der Waals surface area contributed by atoms with Crippen molar-refractivity contribution in [2.75, 3.05) is 6.54 Å². The van der Waals surface area contributed by atoms with Gasteiger partial charge in [-0.3, -0.25) is 4.79 Å². The molecule has 6 nitrogen and oxygen atoms in total. The van der Waals surface area contributed by atoms with Crippen LogP contribution in [0.4, 0.5) is 0 Å². The Morgan fingerprint density at radius 3 is 3.00 bits per heavy atom. The molecule has 3 heterocycles. The molecule has 1 atom stereocenters. The fourth-order valence-corrected chi connectivity index (χ4v) is 4.04. The van der Waals surface area contributed by atoms with Gasteiger partial charge in [-0.05, 0) is 45.1 Å². The highest BCUT2D eigenvalue weighted by atomic mass is 16.3. The Labute approximate surface area is 139 Å². The van der Waals surface area contributed by atoms with Crippen LogP contribution >= 0.6 is 0 Å². The minimum Gasteiger partial charge on any atom is -0.465 e. The average molecular weight is 327 g/mol. The van der Waals surface area contributed by atoms with E-state index in [1.807, 2.05) is 11.8 Å². The number of nitrogens with zero attached hydrogens (tertiary/aromatic N) is 2. The quantitative estimate of drug-likeness (QED) is 0.919. The molecule has 2 aromatic heterocycles. The molecular weight excluding hydrogens is 306 g/mol. The number of furan rings is 1. The van der Waals surface area contributed by atoms with Gasteiger partial charge in [0.05, 0.1) is 11.6 Å². The van der Waals surface area contributed by atoms with Gasteiger partial charge in [0.15, 0.2) is 0 Å². The van der Waals surface area contributed by atoms with Crippen LogP contribution in [-0.4, -0.2) is 27.3 Å². The summed E-state index contributed by atoms with van der Waals surface area (Å²) in [5.41, 5.74) is 2.23. The van der Waals surface area contributed by atoms with Gasteiger partial charge in [-0.15, -0.1) is 0 Å². The first kappa shape index (κ1) is 15.2. The van der Waals surface area contributed by atoms with Crippen molar-refractivity contribution in [3.8, 4) is 0 Å². The molecule has 1 amide bonds. The van der Waals surface area contributed by atoms with E-state index in [0.717, 1.165) is 66.9 Å². The minimum absolute atomic E-state index is 0.0274. The maximum atomic E-state index is 13.2. The molecule has 0 saturated carbocycles. The molecule has 1 aliphatic carbocycles. The van der Waals surface area contributed by atoms with Crippen LogP contribution in [0, 0.1) is 6.92 Å². The van der Waals surface area contributed by atoms with Crippen LogP contribution in [0.2, 0.25) is 0 Å². The van der Waals surface area contributed by atoms with Crippen LogP contribution in [0.25, 0.3) is 0 Å². The Morgan fingerprint density at radius 1 is 1.33 bits per heavy atom. The van der Waals surface area contributed by atoms with E-state index >= 15 is 0 Å². The van der Waals surface area contributed by atoms with E-state index in [1.54, 1.807) is 6.07 Å². The summed E-state index contributed by atoms with van der Waals surface area (Å²) in [6, 6.07) is 1.69. The summed E-state index contributed by atoms with van der Waals surface area (Å²) in [7, 11) is 0. The smallest absolute Gasteiger partial charge is 0.345 e. The Kier molecular flexibility index (Phi) is 3.75. The van der Waals surface area contributed by atoms with Gasteiger partial charge in [-0.1, -0.05) is 0 Å². The average Bonchev–Trinajstić information content (AvgIpc) is 3.18. The molecule has 6 heteroatoms. The summed E-state index contributed by atoms with van der Waals surface area (Å²) in [6.07, 6.45) is 7.35. The molecule has 1 fully saturated rings. The topological polar surface area (TPSA) is 79.2 Å². The number of aryl methyl sites for hydroxylation is 2. The predicted octanol–water partition coefficient (Wildman–Crippen LogP) is 2.53. The Morgan fingerprint density at radius 2 is 2.17 bits per heavy atom. The third-order valence-electron chi connectivity index (χ3n) is 5.13. The van der Waals surface area contributed by atoms with Gasteiger partial charge >= 0.3 is 5.69 Å². The molecule has 1 aliphatic heterocycles. The summed E-state index contributed by atoms with van der Waals surface area (Å²) in [4.78, 5) is 33.1. The van der Waals surface area contributed by atoms with Gasteiger partial charge in [0.25, 0.3) is 5.91 Å². The maximum absolute atomic E-state index is 13.2. The zero-order valence-electron chi connectivity index (χ0n) is 13.8. The Hall–Kier alpha value is -2.37. The number of rotatable bonds is 2. The van der Waals surface area contributed by atoms with E-state index in [-0.39, 0.29) is 17.6 Å². The van der Waals surface area contributed by atoms with Gasteiger partial charge in [-0.2, -0.15) is 0 Å². The van der Waals surface area contributed by atoms with Crippen molar-refractivity contribution in [1.29, 1.82) is 0 Å². The van der Waals surface area contributed by atoms with E-state index in [9.17, 15) is 9.59 Å². The monoisotopic (exact) mass is 327 g/mol. The molecule has 0 radical (unpaired) electrons. The maximum Gasteiger partial charge on any atom is 0.345 e. The van der Waals surface area contributed by atoms with Crippen molar-refractivity contribution in [3.05, 3.63) is 51.1 Å². The number of nitrogens with one attached hydrogen (secondary N) is 1. The number of amides is 1. The van der Waals surface area contributed by atoms with Gasteiger partial charge < -0.3 is 14.3 Å². The van der Waals surface area contributed by atoms with Gasteiger partial charge in [0, 0.05) is 30.4 Å². The highest BCUT2D eigenvalue weighted by Crippen LogP contribution is 2.35. The first-order chi connectivity index (χ1) is 11.6. The molecule has 2 aliphatic rings. The van der Waals surface area contributed by atoms with Crippen LogP contribution in [0.5, 0.6) is 0 Å². The number of aromatic amines is 1. The largest absolute Gasteiger partial charge is 0.465 e. The number of likely N-dealkylation sites (tertiary alicyclic amines) is 1. The molecule has 0 spiro atoms. The van der Waals surface area contributed by atoms with Crippen molar-refractivity contribution in [2.24, 2.45) is 0 Å². The second-order valence-electron chi connectivity index (χ2n) is 6.63. The Bertz CT molecular complexity index is 836. The standard InChI is InChI=1S/C18H21N3O3/c1-11-16(12-5-2-3-7-15(12)24-11)17(22)21-10-4-6-14(21)13-8-9-19-18(23)20-13/h8-9,14H,2-7,10H2,1H3,(H,19,20,23)/t14-/m1/s1. The first-order valence-electron chi connectivity index (χ1n) is 8.62. The van der Waals surface area contributed by atoms with E-state index in [0.29, 0.717) is 6.54 Å². The molecule has 2 aromatic rings. The molecule has 1 saturated heterocycles. The summed E-state index contributed by atoms with van der Waals surface area (Å²) < 4.78 is 5.86. The van der Waals surface area contributed by atoms with Gasteiger partial charge in [0.2, 0.25) is 0 Å². The zero-order chi connectivity index (χ0) is 16.7. The van der Waals surface area contributed by atoms with Crippen LogP contribution in [0.3, 0.4) is 0 Å². The van der Waals surface area contributed by atoms with Crippen LogP contribution in [0.15, 0.2) is 21.5 Å². The second-order valence-corrected chi connectivity index (χ2v) is 6.63. The lowest BCUT2D eigenvalue weighted by Gasteiger charge is -2.25. The third kappa shape index (κ3) is 2.46. The van der Waals surface area contributed by atoms with Crippen molar-refractivity contribution >= 4 is 5.91 Å². The summed E-state index contributed by atoms with van der Waals surface area (Å²) in [6.45, 7) is 2.58. The Balaban J connectivity index is 1.69. The molecule has 126 valence electrons. The summed E-state index contributed by atoms with van der Waals surface area (Å²) in [5, 5.41) is 0. The van der Waals surface area contributed by atoms with E-state index in [2.05, 4.69) is 9.97 Å². The lowest BCUT2D eigenvalue weighted by atomic mass is 9.94. The van der Waals surface area contributed by atoms with Gasteiger partial charge in [0.1, 0.15) is 11.5 Å². The number of carbonyl (C=O) groups excluding carboxylic acids is 1. The molecule has 0 unspecified atom stereocenters. The number of H-pyrrole nitrogens is 1. The highest BCUT2D eigenvalue weighted by Gasteiger charge is 2.35. The predicted molar refractivity (Wildman–Crippen MR) is 88.0 cm³/mol. The number of hydrogen-bond donors (Lipinski definition) is 1. The number of carbonyl (C=O) groups is 1. The van der Waals surface area contributed by atoms with Crippen LogP contribution in [0.1, 0.15) is 64.9 Å². The summed E-state index contributed by atoms with van der Waals surface area (Å²) >= 11 is 0. The minimum atomic E-state index is -0.372. The van der Waals surface area contributed by atoms with E-state index in [4.69, 9.17) is 4.42 Å². The lowest BCUT2D eigenvalue weighted by molar-refractivity contribution is 0.0730. The molecular formula is C18H21N3O3. The lowest BCUT2D eigenvalue weighted by Crippen LogP contribution is -2.32. The van der Waals surface area contributed by atoms with Crippen molar-refractivity contribution in [1.82, 2.24) is 14.9 Å². The fraction of sp³-hybridized carbons (Fsp3) is 0.500. The fourth-order valence-electron chi connectivity index (χ4n) is 4.04. The molecule has 1 N–H and O–H groups in total. The molecule has 0 bridgehead atoms. The number of aromatic nitrogens is 2. The number of hydrogen-bond acceptors (Lipinski definition) is 4. The SMILES string of the molecule is Cc1oc2c(c1C(=O)N1CCC[C@@H]1c1ccnc(=O)[nH]1)CCCC2. The second kappa shape index (κ2) is 5.92. The number of fused-ring (bicyclic) bond motifs is 1. The first-order valence-corrected chi connectivity index (χ1v) is 8.62. The molecule has 24 heavy (non-hydrogen) atoms. The molecule has 0 aromatic carbocycles. The van der Waals surface area contributed by atoms with E-state index in [1.165, 1.54) is 6.20 Å². The van der Waals surface area contributed by atoms with E-state index < -0.39 is 0 Å². The normalized spacial score (nSPS) is 20.2. The zero-order valence-corrected chi connectivity index (χ0v) is 13.8. The molecule has 4 rings (SSSR count). The van der Waals surface area contributed by atoms with Crippen molar-refractivity contribution in [3.63, 3.8) is 0 Å². The van der Waals surface area contributed by atoms with Crippen molar-refractivity contribution < 1.29 is 9.21 Å². The van der Waals surface area contributed by atoms with Gasteiger partial charge in [-0.25, -0.2) is 9.78 Å². The van der Waals surface area contributed by atoms with Crippen LogP contribution in [-0.2, 0) is 12.8 Å². The van der Waals surface area contributed by atoms with Crippen molar-refractivity contribution in [2.45, 2.75) is 51.5 Å². The highest BCUT2D eigenvalue weighted by molar-refractivity contribution is 5.97. The third-order valence-corrected chi connectivity index (χ3v) is 5.13. The summed E-state index contributed by atoms with van der Waals surface area (Å²) in [5.74, 6) is 1.73.